The average molecular weight is 395 g/mol. The maximum Gasteiger partial charge on any atom is 0.156 e. The highest BCUT2D eigenvalue weighted by atomic mass is 35.5. The molecule has 2 nitrogen and oxygen atoms in total. The molecule has 1 aliphatic carbocycles. The van der Waals surface area contributed by atoms with E-state index in [1.54, 1.807) is 6.92 Å². The number of ether oxygens (including phenoxy) is 1. The van der Waals surface area contributed by atoms with Gasteiger partial charge < -0.3 is 4.74 Å². The monoisotopic (exact) mass is 394 g/mol. The Balaban J connectivity index is 1.89. The van der Waals surface area contributed by atoms with E-state index in [0.717, 1.165) is 33.9 Å². The molecule has 2 aromatic rings. The first-order valence-electron chi connectivity index (χ1n) is 9.72. The molecular weight excluding hydrogens is 368 g/mol. The standard InChI is InChI=1S/C25H27ClO2/c1-5-28-21-9-6-18(7-10-21)14-20-15-19(8-11-24(20)26)22-12-13-25(3,4)16-23(22)17(2)27/h6-13,15-16,22H,5,14H2,1-4H3/t22-/m0/s1. The summed E-state index contributed by atoms with van der Waals surface area (Å²) in [6.45, 7) is 8.50. The van der Waals surface area contributed by atoms with E-state index in [1.165, 1.54) is 5.56 Å². The van der Waals surface area contributed by atoms with Crippen molar-refractivity contribution < 1.29 is 9.53 Å². The third kappa shape index (κ3) is 4.74. The van der Waals surface area contributed by atoms with Crippen molar-refractivity contribution in [3.05, 3.63) is 88.0 Å². The van der Waals surface area contributed by atoms with Crippen molar-refractivity contribution in [3.8, 4) is 5.75 Å². The Labute approximate surface area is 172 Å². The van der Waals surface area contributed by atoms with Crippen molar-refractivity contribution in [1.29, 1.82) is 0 Å². The maximum absolute atomic E-state index is 12.3. The van der Waals surface area contributed by atoms with Crippen LogP contribution in [0.5, 0.6) is 5.75 Å². The molecule has 0 bridgehead atoms. The van der Waals surface area contributed by atoms with Gasteiger partial charge in [0.15, 0.2) is 5.78 Å². The van der Waals surface area contributed by atoms with Crippen LogP contribution >= 0.6 is 11.6 Å². The average Bonchev–Trinajstić information content (AvgIpc) is 2.65. The summed E-state index contributed by atoms with van der Waals surface area (Å²) in [6, 6.07) is 14.2. The van der Waals surface area contributed by atoms with Crippen LogP contribution < -0.4 is 4.74 Å². The fraction of sp³-hybridized carbons (Fsp3) is 0.320. The lowest BCUT2D eigenvalue weighted by Gasteiger charge is -2.27. The van der Waals surface area contributed by atoms with Gasteiger partial charge in [-0.1, -0.05) is 67.9 Å². The minimum absolute atomic E-state index is 0.0260. The van der Waals surface area contributed by atoms with Crippen molar-refractivity contribution >= 4 is 17.4 Å². The summed E-state index contributed by atoms with van der Waals surface area (Å²) in [6.07, 6.45) is 7.13. The van der Waals surface area contributed by atoms with Gasteiger partial charge in [-0.2, -0.15) is 0 Å². The van der Waals surface area contributed by atoms with E-state index < -0.39 is 0 Å². The van der Waals surface area contributed by atoms with E-state index >= 15 is 0 Å². The third-order valence-electron chi connectivity index (χ3n) is 5.05. The lowest BCUT2D eigenvalue weighted by atomic mass is 9.76. The molecule has 0 saturated heterocycles. The fourth-order valence-corrected chi connectivity index (χ4v) is 3.80. The number of carbonyl (C=O) groups excluding carboxylic acids is 1. The Morgan fingerprint density at radius 2 is 1.86 bits per heavy atom. The Kier molecular flexibility index (Phi) is 6.10. The summed E-state index contributed by atoms with van der Waals surface area (Å²) in [4.78, 5) is 12.3. The molecule has 0 amide bonds. The smallest absolute Gasteiger partial charge is 0.156 e. The molecule has 0 aliphatic heterocycles. The van der Waals surface area contributed by atoms with Crippen molar-refractivity contribution in [1.82, 2.24) is 0 Å². The van der Waals surface area contributed by atoms with Crippen LogP contribution in [-0.4, -0.2) is 12.4 Å². The molecule has 1 aliphatic rings. The highest BCUT2D eigenvalue weighted by molar-refractivity contribution is 6.31. The topological polar surface area (TPSA) is 26.3 Å². The Morgan fingerprint density at radius 1 is 1.14 bits per heavy atom. The molecule has 0 saturated carbocycles. The van der Waals surface area contributed by atoms with Gasteiger partial charge in [0, 0.05) is 21.9 Å². The van der Waals surface area contributed by atoms with E-state index in [0.29, 0.717) is 6.61 Å². The molecular formula is C25H27ClO2. The molecule has 28 heavy (non-hydrogen) atoms. The van der Waals surface area contributed by atoms with Gasteiger partial charge in [0.1, 0.15) is 5.75 Å². The van der Waals surface area contributed by atoms with Crippen molar-refractivity contribution in [3.63, 3.8) is 0 Å². The highest BCUT2D eigenvalue weighted by Crippen LogP contribution is 2.38. The minimum Gasteiger partial charge on any atom is -0.494 e. The summed E-state index contributed by atoms with van der Waals surface area (Å²) >= 11 is 6.49. The van der Waals surface area contributed by atoms with Gasteiger partial charge in [0.2, 0.25) is 0 Å². The van der Waals surface area contributed by atoms with Crippen molar-refractivity contribution in [2.75, 3.05) is 6.61 Å². The van der Waals surface area contributed by atoms with Crippen LogP contribution in [0.15, 0.2) is 66.3 Å². The summed E-state index contributed by atoms with van der Waals surface area (Å²) < 4.78 is 5.51. The molecule has 2 aromatic carbocycles. The molecule has 0 unspecified atom stereocenters. The number of Topliss-reactive ketones (excluding diaryl/α,β-unsaturated/α-hetero) is 1. The van der Waals surface area contributed by atoms with E-state index in [4.69, 9.17) is 16.3 Å². The Bertz CT molecular complexity index is 920. The zero-order valence-electron chi connectivity index (χ0n) is 17.0. The first-order valence-corrected chi connectivity index (χ1v) is 10.1. The fourth-order valence-electron chi connectivity index (χ4n) is 3.61. The molecule has 3 rings (SSSR count). The van der Waals surface area contributed by atoms with Gasteiger partial charge in [0.05, 0.1) is 6.61 Å². The number of allylic oxidation sites excluding steroid dienone is 4. The molecule has 0 aromatic heterocycles. The van der Waals surface area contributed by atoms with Crippen LogP contribution in [0.3, 0.4) is 0 Å². The van der Waals surface area contributed by atoms with Crippen molar-refractivity contribution in [2.24, 2.45) is 5.41 Å². The SMILES string of the molecule is CCOc1ccc(Cc2cc([C@@H]3C=CC(C)(C)C=C3C(C)=O)ccc2Cl)cc1. The zero-order chi connectivity index (χ0) is 20.3. The third-order valence-corrected chi connectivity index (χ3v) is 5.41. The van der Waals surface area contributed by atoms with E-state index in [-0.39, 0.29) is 17.1 Å². The lowest BCUT2D eigenvalue weighted by Crippen LogP contribution is -2.17. The van der Waals surface area contributed by atoms with E-state index in [2.05, 4.69) is 50.3 Å². The maximum atomic E-state index is 12.3. The lowest BCUT2D eigenvalue weighted by molar-refractivity contribution is -0.113. The molecule has 1 atom stereocenters. The highest BCUT2D eigenvalue weighted by Gasteiger charge is 2.26. The second kappa shape index (κ2) is 8.36. The van der Waals surface area contributed by atoms with Gasteiger partial charge in [0.25, 0.3) is 0 Å². The largest absolute Gasteiger partial charge is 0.494 e. The number of halogens is 1. The number of carbonyl (C=O) groups is 1. The number of hydrogen-bond acceptors (Lipinski definition) is 2. The van der Waals surface area contributed by atoms with Crippen LogP contribution in [0.1, 0.15) is 50.3 Å². The van der Waals surface area contributed by atoms with Crippen LogP contribution in [0.25, 0.3) is 0 Å². The number of benzene rings is 2. The molecule has 0 spiro atoms. The zero-order valence-corrected chi connectivity index (χ0v) is 17.7. The quantitative estimate of drug-likeness (QED) is 0.521. The number of hydrogen-bond donors (Lipinski definition) is 0. The normalized spacial score (nSPS) is 17.9. The van der Waals surface area contributed by atoms with Crippen LogP contribution in [-0.2, 0) is 11.2 Å². The van der Waals surface area contributed by atoms with Gasteiger partial charge in [-0.15, -0.1) is 0 Å². The second-order valence-corrected chi connectivity index (χ2v) is 8.33. The predicted octanol–water partition coefficient (Wildman–Crippen LogP) is 6.52. The summed E-state index contributed by atoms with van der Waals surface area (Å²) in [5.41, 5.74) is 4.07. The van der Waals surface area contributed by atoms with Gasteiger partial charge in [-0.05, 0) is 55.2 Å². The Hall–Kier alpha value is -2.32. The number of rotatable bonds is 6. The Morgan fingerprint density at radius 3 is 2.50 bits per heavy atom. The van der Waals surface area contributed by atoms with Gasteiger partial charge in [-0.25, -0.2) is 0 Å². The summed E-state index contributed by atoms with van der Waals surface area (Å²) in [7, 11) is 0. The molecule has 0 N–H and O–H groups in total. The molecule has 0 radical (unpaired) electrons. The van der Waals surface area contributed by atoms with Crippen LogP contribution in [0.4, 0.5) is 0 Å². The molecule has 0 fully saturated rings. The minimum atomic E-state index is -0.102. The van der Waals surface area contributed by atoms with Gasteiger partial charge in [-0.3, -0.25) is 4.79 Å². The number of ketones is 1. The second-order valence-electron chi connectivity index (χ2n) is 7.92. The molecule has 3 heteroatoms. The van der Waals surface area contributed by atoms with E-state index in [1.807, 2.05) is 31.2 Å². The van der Waals surface area contributed by atoms with Crippen LogP contribution in [0, 0.1) is 5.41 Å². The molecule has 0 heterocycles. The van der Waals surface area contributed by atoms with Crippen LogP contribution in [0.2, 0.25) is 5.02 Å². The van der Waals surface area contributed by atoms with E-state index in [9.17, 15) is 4.79 Å². The first-order chi connectivity index (χ1) is 13.3. The van der Waals surface area contributed by atoms with Crippen molar-refractivity contribution in [2.45, 2.75) is 40.0 Å². The first kappa shape index (κ1) is 20.4. The predicted molar refractivity (Wildman–Crippen MR) is 116 cm³/mol. The van der Waals surface area contributed by atoms with Gasteiger partial charge >= 0.3 is 0 Å². The summed E-state index contributed by atoms with van der Waals surface area (Å²) in [5, 5.41) is 0.742. The summed E-state index contributed by atoms with van der Waals surface area (Å²) in [5.74, 6) is 0.963. The molecule has 146 valence electrons.